The lowest BCUT2D eigenvalue weighted by Gasteiger charge is -2.15. The number of aliphatic hydroxyl groups excluding tert-OH is 1. The summed E-state index contributed by atoms with van der Waals surface area (Å²) in [7, 11) is 0. The molecule has 0 aromatic heterocycles. The largest absolute Gasteiger partial charge is 0.395 e. The Morgan fingerprint density at radius 1 is 1.33 bits per heavy atom. The number of rotatable bonds is 4. The van der Waals surface area contributed by atoms with Crippen LogP contribution in [-0.4, -0.2) is 36.6 Å². The van der Waals surface area contributed by atoms with E-state index in [0.29, 0.717) is 12.0 Å². The second kappa shape index (κ2) is 5.64. The molecule has 1 heterocycles. The Hall–Kier alpha value is -1.88. The minimum absolute atomic E-state index is 0.0773. The van der Waals surface area contributed by atoms with Crippen molar-refractivity contribution in [3.8, 4) is 0 Å². The second-order valence-corrected chi connectivity index (χ2v) is 4.18. The van der Waals surface area contributed by atoms with Gasteiger partial charge in [-0.1, -0.05) is 0 Å². The van der Waals surface area contributed by atoms with E-state index in [0.717, 1.165) is 18.7 Å². The summed E-state index contributed by atoms with van der Waals surface area (Å²) in [6.45, 7) is 0.909. The number of aliphatic hydroxyl groups is 1. The van der Waals surface area contributed by atoms with Crippen LogP contribution in [-0.2, 0) is 4.79 Å². The molecule has 2 amide bonds. The first kappa shape index (κ1) is 12.6. The molecule has 5 nitrogen and oxygen atoms in total. The predicted molar refractivity (Wildman–Crippen MR) is 67.4 cm³/mol. The minimum Gasteiger partial charge on any atom is -0.395 e. The molecule has 0 atom stereocenters. The van der Waals surface area contributed by atoms with Crippen LogP contribution in [0.3, 0.4) is 0 Å². The summed E-state index contributed by atoms with van der Waals surface area (Å²) in [4.78, 5) is 24.9. The van der Waals surface area contributed by atoms with E-state index in [-0.39, 0.29) is 25.0 Å². The molecule has 0 spiro atoms. The molecule has 1 aliphatic heterocycles. The molecule has 1 aliphatic rings. The molecule has 0 unspecified atom stereocenters. The molecule has 0 radical (unpaired) electrons. The average molecular weight is 248 g/mol. The Labute approximate surface area is 105 Å². The molecular weight excluding hydrogens is 232 g/mol. The van der Waals surface area contributed by atoms with Gasteiger partial charge in [0.15, 0.2) is 0 Å². The topological polar surface area (TPSA) is 69.6 Å². The van der Waals surface area contributed by atoms with Crippen molar-refractivity contribution in [1.29, 1.82) is 0 Å². The molecule has 96 valence electrons. The van der Waals surface area contributed by atoms with E-state index in [1.165, 1.54) is 0 Å². The van der Waals surface area contributed by atoms with Gasteiger partial charge in [0.1, 0.15) is 0 Å². The molecular formula is C13H16N2O3. The van der Waals surface area contributed by atoms with Crippen LogP contribution in [0.2, 0.25) is 0 Å². The van der Waals surface area contributed by atoms with Crippen molar-refractivity contribution >= 4 is 17.5 Å². The van der Waals surface area contributed by atoms with E-state index in [9.17, 15) is 9.59 Å². The number of amides is 2. The number of anilines is 1. The fourth-order valence-corrected chi connectivity index (χ4v) is 1.99. The van der Waals surface area contributed by atoms with E-state index < -0.39 is 0 Å². The van der Waals surface area contributed by atoms with Crippen molar-refractivity contribution in [2.45, 2.75) is 12.8 Å². The molecule has 1 aromatic carbocycles. The summed E-state index contributed by atoms with van der Waals surface area (Å²) in [6, 6.07) is 6.93. The summed E-state index contributed by atoms with van der Waals surface area (Å²) in [5.74, 6) is -0.0872. The Morgan fingerprint density at radius 2 is 2.06 bits per heavy atom. The lowest BCUT2D eigenvalue weighted by molar-refractivity contribution is -0.117. The molecule has 0 saturated carbocycles. The van der Waals surface area contributed by atoms with E-state index in [1.807, 2.05) is 0 Å². The second-order valence-electron chi connectivity index (χ2n) is 4.18. The zero-order valence-corrected chi connectivity index (χ0v) is 10.1. The summed E-state index contributed by atoms with van der Waals surface area (Å²) in [5.41, 5.74) is 1.36. The Bertz CT molecular complexity index is 442. The number of nitrogens with zero attached hydrogens (tertiary/aromatic N) is 1. The van der Waals surface area contributed by atoms with Crippen LogP contribution in [0.25, 0.3) is 0 Å². The van der Waals surface area contributed by atoms with Crippen LogP contribution in [0, 0.1) is 0 Å². The highest BCUT2D eigenvalue weighted by Crippen LogP contribution is 2.21. The fraction of sp³-hybridized carbons (Fsp3) is 0.385. The smallest absolute Gasteiger partial charge is 0.251 e. The van der Waals surface area contributed by atoms with Crippen LogP contribution in [0.4, 0.5) is 5.69 Å². The van der Waals surface area contributed by atoms with Gasteiger partial charge >= 0.3 is 0 Å². The van der Waals surface area contributed by atoms with Gasteiger partial charge in [-0.25, -0.2) is 0 Å². The van der Waals surface area contributed by atoms with Crippen molar-refractivity contribution < 1.29 is 14.7 Å². The van der Waals surface area contributed by atoms with Gasteiger partial charge < -0.3 is 15.3 Å². The van der Waals surface area contributed by atoms with Gasteiger partial charge in [-0.3, -0.25) is 9.59 Å². The average Bonchev–Trinajstić information content (AvgIpc) is 2.82. The van der Waals surface area contributed by atoms with Crippen molar-refractivity contribution in [3.63, 3.8) is 0 Å². The maximum Gasteiger partial charge on any atom is 0.251 e. The third-order valence-corrected chi connectivity index (χ3v) is 2.91. The number of carbonyl (C=O) groups is 2. The normalized spacial score (nSPS) is 14.9. The molecule has 2 rings (SSSR count). The van der Waals surface area contributed by atoms with Crippen molar-refractivity contribution in [3.05, 3.63) is 29.8 Å². The molecule has 0 aliphatic carbocycles. The fourth-order valence-electron chi connectivity index (χ4n) is 1.99. The summed E-state index contributed by atoms with van der Waals surface area (Å²) < 4.78 is 0. The first-order valence-electron chi connectivity index (χ1n) is 6.02. The number of hydrogen-bond donors (Lipinski definition) is 2. The summed E-state index contributed by atoms with van der Waals surface area (Å²) in [5, 5.41) is 11.2. The number of carbonyl (C=O) groups excluding carboxylic acids is 2. The molecule has 2 N–H and O–H groups in total. The van der Waals surface area contributed by atoms with E-state index in [2.05, 4.69) is 5.32 Å². The molecule has 1 aromatic rings. The Morgan fingerprint density at radius 3 is 2.61 bits per heavy atom. The van der Waals surface area contributed by atoms with Crippen LogP contribution < -0.4 is 10.2 Å². The third-order valence-electron chi connectivity index (χ3n) is 2.91. The van der Waals surface area contributed by atoms with Crippen LogP contribution in [0.1, 0.15) is 23.2 Å². The predicted octanol–water partition coefficient (Wildman–Crippen LogP) is 0.535. The standard InChI is InChI=1S/C13H16N2O3/c16-9-7-14-13(18)10-3-5-11(6-4-10)15-8-1-2-12(15)17/h3-6,16H,1-2,7-9H2,(H,14,18). The van der Waals surface area contributed by atoms with Crippen LogP contribution >= 0.6 is 0 Å². The number of nitrogens with one attached hydrogen (secondary N) is 1. The highest BCUT2D eigenvalue weighted by Gasteiger charge is 2.21. The monoisotopic (exact) mass is 248 g/mol. The Kier molecular flexibility index (Phi) is 3.94. The van der Waals surface area contributed by atoms with Gasteiger partial charge in [-0.05, 0) is 30.7 Å². The highest BCUT2D eigenvalue weighted by atomic mass is 16.3. The van der Waals surface area contributed by atoms with E-state index in [1.54, 1.807) is 29.2 Å². The van der Waals surface area contributed by atoms with E-state index >= 15 is 0 Å². The van der Waals surface area contributed by atoms with Gasteiger partial charge in [0.2, 0.25) is 5.91 Å². The zero-order valence-electron chi connectivity index (χ0n) is 10.1. The van der Waals surface area contributed by atoms with Gasteiger partial charge in [0, 0.05) is 30.8 Å². The highest BCUT2D eigenvalue weighted by molar-refractivity contribution is 5.97. The SMILES string of the molecule is O=C(NCCO)c1ccc(N2CCCC2=O)cc1. The van der Waals surface area contributed by atoms with Crippen molar-refractivity contribution in [2.24, 2.45) is 0 Å². The van der Waals surface area contributed by atoms with E-state index in [4.69, 9.17) is 5.11 Å². The van der Waals surface area contributed by atoms with Gasteiger partial charge in [0.25, 0.3) is 5.91 Å². The third kappa shape index (κ3) is 2.68. The number of hydrogen-bond acceptors (Lipinski definition) is 3. The summed E-state index contributed by atoms with van der Waals surface area (Å²) in [6.07, 6.45) is 1.48. The Balaban J connectivity index is 2.05. The number of benzene rings is 1. The maximum absolute atomic E-state index is 11.6. The molecule has 1 fully saturated rings. The zero-order chi connectivity index (χ0) is 13.0. The lowest BCUT2D eigenvalue weighted by Crippen LogP contribution is -2.27. The summed E-state index contributed by atoms with van der Waals surface area (Å²) >= 11 is 0. The van der Waals surface area contributed by atoms with Gasteiger partial charge in [0.05, 0.1) is 6.61 Å². The van der Waals surface area contributed by atoms with Crippen molar-refractivity contribution in [1.82, 2.24) is 5.32 Å². The van der Waals surface area contributed by atoms with Crippen LogP contribution in [0.5, 0.6) is 0 Å². The van der Waals surface area contributed by atoms with Gasteiger partial charge in [-0.2, -0.15) is 0 Å². The quantitative estimate of drug-likeness (QED) is 0.817. The molecule has 18 heavy (non-hydrogen) atoms. The lowest BCUT2D eigenvalue weighted by atomic mass is 10.2. The van der Waals surface area contributed by atoms with Crippen LogP contribution in [0.15, 0.2) is 24.3 Å². The molecule has 0 bridgehead atoms. The molecule has 1 saturated heterocycles. The van der Waals surface area contributed by atoms with Gasteiger partial charge in [-0.15, -0.1) is 0 Å². The first-order valence-corrected chi connectivity index (χ1v) is 6.02. The first-order chi connectivity index (χ1) is 8.72. The minimum atomic E-state index is -0.219. The van der Waals surface area contributed by atoms with Crippen molar-refractivity contribution in [2.75, 3.05) is 24.6 Å². The molecule has 5 heteroatoms. The maximum atomic E-state index is 11.6.